The van der Waals surface area contributed by atoms with E-state index in [2.05, 4.69) is 130 Å². The molecule has 48 heavy (non-hydrogen) atoms. The molecule has 9 rings (SSSR count). The van der Waals surface area contributed by atoms with Crippen molar-refractivity contribution in [1.29, 1.82) is 0 Å². The van der Waals surface area contributed by atoms with Crippen molar-refractivity contribution in [2.24, 2.45) is 0 Å². The Morgan fingerprint density at radius 1 is 0.417 bits per heavy atom. The van der Waals surface area contributed by atoms with Gasteiger partial charge in [-0.1, -0.05) is 133 Å². The summed E-state index contributed by atoms with van der Waals surface area (Å²) in [4.78, 5) is 14.9. The molecule has 1 fully saturated rings. The molecule has 0 saturated carbocycles. The third-order valence-electron chi connectivity index (χ3n) is 9.27. The lowest BCUT2D eigenvalue weighted by molar-refractivity contribution is 0.622. The van der Waals surface area contributed by atoms with Crippen LogP contribution in [0.2, 0.25) is 0 Å². The van der Waals surface area contributed by atoms with Gasteiger partial charge in [0.05, 0.1) is 0 Å². The second-order valence-electron chi connectivity index (χ2n) is 12.1. The summed E-state index contributed by atoms with van der Waals surface area (Å²) >= 11 is 0. The van der Waals surface area contributed by atoms with Gasteiger partial charge in [-0.15, -0.1) is 0 Å². The van der Waals surface area contributed by atoms with Gasteiger partial charge in [0.25, 0.3) is 0 Å². The summed E-state index contributed by atoms with van der Waals surface area (Å²) in [5.74, 6) is 8.88. The number of rotatable bonds is 5. The van der Waals surface area contributed by atoms with Crippen LogP contribution in [0.25, 0.3) is 50.9 Å². The van der Waals surface area contributed by atoms with Crippen LogP contribution in [0.1, 0.15) is 5.56 Å². The van der Waals surface area contributed by atoms with Crippen molar-refractivity contribution in [1.82, 2.24) is 29.1 Å². The predicted octanol–water partition coefficient (Wildman–Crippen LogP) is 7.62. The van der Waals surface area contributed by atoms with Crippen LogP contribution in [0, 0.1) is 0 Å². The van der Waals surface area contributed by atoms with E-state index in [1.165, 1.54) is 5.57 Å². The zero-order valence-corrected chi connectivity index (χ0v) is 26.2. The van der Waals surface area contributed by atoms with Gasteiger partial charge in [-0.05, 0) is 65.2 Å². The molecule has 0 unspecified atom stereocenters. The molecule has 4 aliphatic rings. The van der Waals surface area contributed by atoms with Crippen LogP contribution < -0.4 is 0 Å². The molecular formula is C39H29B3N6. The Kier molecular flexibility index (Phi) is 7.01. The molecular weight excluding hydrogens is 585 g/mol. The third kappa shape index (κ3) is 5.01. The zero-order chi connectivity index (χ0) is 31.9. The van der Waals surface area contributed by atoms with Crippen LogP contribution in [0.3, 0.4) is 0 Å². The lowest BCUT2D eigenvalue weighted by Gasteiger charge is -2.53. The molecule has 0 amide bonds. The van der Waals surface area contributed by atoms with Gasteiger partial charge in [0.15, 0.2) is 17.5 Å². The van der Waals surface area contributed by atoms with Gasteiger partial charge in [-0.3, -0.25) is 0 Å². The molecule has 5 aromatic rings. The minimum atomic E-state index is 0.0577. The van der Waals surface area contributed by atoms with E-state index in [1.807, 2.05) is 60.7 Å². The van der Waals surface area contributed by atoms with Gasteiger partial charge in [-0.25, -0.2) is 15.0 Å². The summed E-state index contributed by atoms with van der Waals surface area (Å²) < 4.78 is 7.23. The van der Waals surface area contributed by atoms with Gasteiger partial charge in [0, 0.05) is 16.7 Å². The SMILES string of the molecule is C1=CB2N3C=CC=CB3N3C=CC(c4ccc(-c5nc(-c6ccccc6)nc(-c6ccccc6)n5)cc4-c4ccccc4)=CB3N2C=C1. The number of fused-ring (bicyclic) bond motifs is 6. The maximum Gasteiger partial charge on any atom is 0.381 e. The summed E-state index contributed by atoms with van der Waals surface area (Å²) in [6, 6.07) is 37.4. The first kappa shape index (κ1) is 28.2. The fourth-order valence-corrected chi connectivity index (χ4v) is 6.95. The average Bonchev–Trinajstić information content (AvgIpc) is 3.18. The number of aromatic nitrogens is 3. The van der Waals surface area contributed by atoms with Crippen molar-refractivity contribution < 1.29 is 0 Å². The lowest BCUT2D eigenvalue weighted by Crippen LogP contribution is -2.73. The second-order valence-corrected chi connectivity index (χ2v) is 12.1. The average molecular weight is 614 g/mol. The molecule has 4 aliphatic heterocycles. The highest BCUT2D eigenvalue weighted by Crippen LogP contribution is 2.37. The topological polar surface area (TPSA) is 48.4 Å². The third-order valence-corrected chi connectivity index (χ3v) is 9.27. The molecule has 0 bridgehead atoms. The summed E-state index contributed by atoms with van der Waals surface area (Å²) in [7, 11) is 0. The summed E-state index contributed by atoms with van der Waals surface area (Å²) in [6.07, 6.45) is 17.4. The van der Waals surface area contributed by atoms with Crippen molar-refractivity contribution >= 4 is 26.5 Å². The quantitative estimate of drug-likeness (QED) is 0.190. The standard InChI is InChI=1S/C39H29B3N6/c1-4-14-30(15-5-1)36-28-33(39-44-37(31-16-6-2-7-17-31)43-38(45-39)32-18-8-3-9-19-32)20-21-35(36)34-22-27-48-41-24-10-12-25-46(41)40-23-11-13-26-47(40)42(48)29-34/h1-29H. The first-order chi connectivity index (χ1) is 23.8. The minimum Gasteiger partial charge on any atom is -0.423 e. The lowest BCUT2D eigenvalue weighted by atomic mass is 9.41. The van der Waals surface area contributed by atoms with Crippen LogP contribution >= 0.6 is 0 Å². The van der Waals surface area contributed by atoms with E-state index < -0.39 is 0 Å². The van der Waals surface area contributed by atoms with Crippen molar-refractivity contribution in [2.45, 2.75) is 0 Å². The molecule has 0 aliphatic carbocycles. The van der Waals surface area contributed by atoms with E-state index in [9.17, 15) is 0 Å². The molecule has 0 spiro atoms. The molecule has 1 saturated heterocycles. The number of hydrogen-bond acceptors (Lipinski definition) is 6. The van der Waals surface area contributed by atoms with Crippen LogP contribution in [0.4, 0.5) is 0 Å². The minimum absolute atomic E-state index is 0.0577. The Bertz CT molecular complexity index is 2100. The number of nitrogens with zero attached hydrogens (tertiary/aromatic N) is 6. The van der Waals surface area contributed by atoms with Gasteiger partial charge < -0.3 is 14.2 Å². The number of benzene rings is 4. The van der Waals surface area contributed by atoms with E-state index in [-0.39, 0.29) is 20.9 Å². The number of allylic oxidation sites excluding steroid dienone is 6. The fraction of sp³-hybridized carbons (Fsp3) is 0. The Hall–Kier alpha value is -6.08. The first-order valence-corrected chi connectivity index (χ1v) is 16.3. The molecule has 6 nitrogen and oxygen atoms in total. The van der Waals surface area contributed by atoms with Crippen molar-refractivity contribution in [3.8, 4) is 45.3 Å². The van der Waals surface area contributed by atoms with E-state index in [4.69, 9.17) is 15.0 Å². The normalized spacial score (nSPS) is 15.8. The zero-order valence-electron chi connectivity index (χ0n) is 26.2. The van der Waals surface area contributed by atoms with E-state index in [0.717, 1.165) is 33.4 Å². The van der Waals surface area contributed by atoms with Crippen molar-refractivity contribution in [2.75, 3.05) is 0 Å². The summed E-state index contributed by atoms with van der Waals surface area (Å²) in [5, 5.41) is 0. The van der Waals surface area contributed by atoms with Gasteiger partial charge >= 0.3 is 20.9 Å². The Labute approximate surface area is 281 Å². The maximum absolute atomic E-state index is 5.02. The molecule has 0 radical (unpaired) electrons. The summed E-state index contributed by atoms with van der Waals surface area (Å²) in [5.41, 5.74) is 7.45. The van der Waals surface area contributed by atoms with Crippen molar-refractivity contribution in [3.63, 3.8) is 0 Å². The largest absolute Gasteiger partial charge is 0.423 e. The molecule has 0 atom stereocenters. The molecule has 4 aromatic carbocycles. The first-order valence-electron chi connectivity index (χ1n) is 16.3. The Morgan fingerprint density at radius 2 is 0.917 bits per heavy atom. The van der Waals surface area contributed by atoms with Crippen LogP contribution in [-0.4, -0.2) is 50.1 Å². The molecule has 0 N–H and O–H groups in total. The maximum atomic E-state index is 5.02. The molecule has 9 heteroatoms. The highest BCUT2D eigenvalue weighted by Gasteiger charge is 2.49. The fourth-order valence-electron chi connectivity index (χ4n) is 6.95. The van der Waals surface area contributed by atoms with E-state index in [1.54, 1.807) is 0 Å². The van der Waals surface area contributed by atoms with Crippen LogP contribution in [0.5, 0.6) is 0 Å². The Balaban J connectivity index is 1.17. The van der Waals surface area contributed by atoms with Crippen LogP contribution in [-0.2, 0) is 0 Å². The predicted molar refractivity (Wildman–Crippen MR) is 198 cm³/mol. The van der Waals surface area contributed by atoms with E-state index in [0.29, 0.717) is 17.5 Å². The van der Waals surface area contributed by atoms with Gasteiger partial charge in [-0.2, -0.15) is 0 Å². The monoisotopic (exact) mass is 614 g/mol. The molecule has 5 heterocycles. The Morgan fingerprint density at radius 3 is 1.50 bits per heavy atom. The van der Waals surface area contributed by atoms with Gasteiger partial charge in [0.1, 0.15) is 0 Å². The summed E-state index contributed by atoms with van der Waals surface area (Å²) in [6.45, 7) is 0.343. The van der Waals surface area contributed by atoms with Crippen LogP contribution in [0.15, 0.2) is 176 Å². The van der Waals surface area contributed by atoms with Gasteiger partial charge in [0.2, 0.25) is 0 Å². The molecule has 224 valence electrons. The highest BCUT2D eigenvalue weighted by atomic mass is 15.3. The van der Waals surface area contributed by atoms with E-state index >= 15 is 0 Å². The highest BCUT2D eigenvalue weighted by molar-refractivity contribution is 6.92. The second kappa shape index (κ2) is 11.9. The smallest absolute Gasteiger partial charge is 0.381 e. The number of hydrogen-bond donors (Lipinski definition) is 0. The molecule has 1 aromatic heterocycles. The van der Waals surface area contributed by atoms with Crippen molar-refractivity contribution in [3.05, 3.63) is 182 Å².